The van der Waals surface area contributed by atoms with Crippen molar-refractivity contribution in [2.45, 2.75) is 52.4 Å². The third-order valence-corrected chi connectivity index (χ3v) is 2.86. The van der Waals surface area contributed by atoms with Gasteiger partial charge in [0.1, 0.15) is 11.5 Å². The van der Waals surface area contributed by atoms with Crippen LogP contribution in [0, 0.1) is 0 Å². The van der Waals surface area contributed by atoms with Gasteiger partial charge < -0.3 is 19.5 Å². The van der Waals surface area contributed by atoms with E-state index in [4.69, 9.17) is 14.2 Å². The molecule has 0 saturated carbocycles. The molecule has 0 spiro atoms. The number of amides is 1. The summed E-state index contributed by atoms with van der Waals surface area (Å²) in [5, 5.41) is 2.75. The third kappa shape index (κ3) is 6.59. The molecule has 23 heavy (non-hydrogen) atoms. The average Bonchev–Trinajstić information content (AvgIpc) is 2.46. The highest BCUT2D eigenvalue weighted by Crippen LogP contribution is 2.18. The van der Waals surface area contributed by atoms with Crippen molar-refractivity contribution in [2.24, 2.45) is 0 Å². The lowest BCUT2D eigenvalue weighted by molar-refractivity contribution is -0.161. The van der Waals surface area contributed by atoms with Crippen molar-refractivity contribution < 1.29 is 23.8 Å². The van der Waals surface area contributed by atoms with E-state index in [9.17, 15) is 9.59 Å². The number of benzene rings is 1. The van der Waals surface area contributed by atoms with Gasteiger partial charge in [0.05, 0.1) is 7.11 Å². The van der Waals surface area contributed by atoms with Gasteiger partial charge in [-0.1, -0.05) is 0 Å². The Morgan fingerprint density at radius 1 is 1.00 bits per heavy atom. The maximum absolute atomic E-state index is 12.0. The zero-order chi connectivity index (χ0) is 17.6. The molecule has 1 amide bonds. The molecule has 0 aliphatic rings. The fraction of sp³-hybridized carbons (Fsp3) is 0.529. The normalized spacial score (nSPS) is 13.7. The number of carbonyl (C=O) groups excluding carboxylic acids is 2. The van der Waals surface area contributed by atoms with Gasteiger partial charge >= 0.3 is 5.97 Å². The summed E-state index contributed by atoms with van der Waals surface area (Å²) in [4.78, 5) is 23.9. The van der Waals surface area contributed by atoms with E-state index in [1.165, 1.54) is 6.92 Å². The van der Waals surface area contributed by atoms with E-state index in [2.05, 4.69) is 5.32 Å². The number of carbonyl (C=O) groups is 2. The SMILES string of the molecule is COc1ccc(OC(C)C(=O)OC(C)C(=O)NC(C)(C)C)cc1. The predicted octanol–water partition coefficient (Wildman–Crippen LogP) is 2.31. The Labute approximate surface area is 137 Å². The minimum Gasteiger partial charge on any atom is -0.497 e. The van der Waals surface area contributed by atoms with Crippen molar-refractivity contribution in [3.63, 3.8) is 0 Å². The smallest absolute Gasteiger partial charge is 0.347 e. The van der Waals surface area contributed by atoms with Crippen LogP contribution in [0.3, 0.4) is 0 Å². The number of esters is 1. The Balaban J connectivity index is 2.54. The highest BCUT2D eigenvalue weighted by atomic mass is 16.6. The van der Waals surface area contributed by atoms with Gasteiger partial charge in [-0.2, -0.15) is 0 Å². The Bertz CT molecular complexity index is 533. The van der Waals surface area contributed by atoms with Crippen molar-refractivity contribution in [3.8, 4) is 11.5 Å². The second-order valence-electron chi connectivity index (χ2n) is 6.25. The topological polar surface area (TPSA) is 73.9 Å². The molecule has 6 nitrogen and oxygen atoms in total. The monoisotopic (exact) mass is 323 g/mol. The van der Waals surface area contributed by atoms with Crippen LogP contribution >= 0.6 is 0 Å². The Morgan fingerprint density at radius 2 is 1.52 bits per heavy atom. The number of nitrogens with one attached hydrogen (secondary N) is 1. The molecule has 1 aromatic carbocycles. The maximum atomic E-state index is 12.0. The summed E-state index contributed by atoms with van der Waals surface area (Å²) >= 11 is 0. The molecular formula is C17H25NO5. The second-order valence-corrected chi connectivity index (χ2v) is 6.25. The molecule has 0 aliphatic heterocycles. The molecule has 6 heteroatoms. The second kappa shape index (κ2) is 7.85. The van der Waals surface area contributed by atoms with E-state index in [0.717, 1.165) is 0 Å². The van der Waals surface area contributed by atoms with Crippen LogP contribution in [-0.4, -0.2) is 36.7 Å². The zero-order valence-electron chi connectivity index (χ0n) is 14.5. The highest BCUT2D eigenvalue weighted by molar-refractivity contribution is 5.84. The highest BCUT2D eigenvalue weighted by Gasteiger charge is 2.25. The van der Waals surface area contributed by atoms with E-state index in [-0.39, 0.29) is 11.4 Å². The summed E-state index contributed by atoms with van der Waals surface area (Å²) in [7, 11) is 1.57. The summed E-state index contributed by atoms with van der Waals surface area (Å²) in [5.74, 6) is 0.266. The largest absolute Gasteiger partial charge is 0.497 e. The summed E-state index contributed by atoms with van der Waals surface area (Å²) in [6, 6.07) is 6.84. The Kier molecular flexibility index (Phi) is 6.42. The van der Waals surface area contributed by atoms with Crippen LogP contribution in [0.1, 0.15) is 34.6 Å². The minimum atomic E-state index is -0.886. The first-order chi connectivity index (χ1) is 10.6. The van der Waals surface area contributed by atoms with Crippen LogP contribution in [0.25, 0.3) is 0 Å². The lowest BCUT2D eigenvalue weighted by Gasteiger charge is -2.24. The molecule has 2 unspecified atom stereocenters. The summed E-state index contributed by atoms with van der Waals surface area (Å²) in [6.45, 7) is 8.67. The quantitative estimate of drug-likeness (QED) is 0.813. The molecule has 1 rings (SSSR count). The van der Waals surface area contributed by atoms with E-state index in [1.54, 1.807) is 38.3 Å². The van der Waals surface area contributed by atoms with Gasteiger partial charge in [-0.15, -0.1) is 0 Å². The van der Waals surface area contributed by atoms with Crippen LogP contribution in [0.4, 0.5) is 0 Å². The average molecular weight is 323 g/mol. The zero-order valence-corrected chi connectivity index (χ0v) is 14.5. The fourth-order valence-corrected chi connectivity index (χ4v) is 1.70. The molecule has 0 fully saturated rings. The van der Waals surface area contributed by atoms with Crippen LogP contribution in [0.5, 0.6) is 11.5 Å². The van der Waals surface area contributed by atoms with Gasteiger partial charge in [0.25, 0.3) is 5.91 Å². The molecule has 0 radical (unpaired) electrons. The van der Waals surface area contributed by atoms with Gasteiger partial charge in [-0.05, 0) is 58.9 Å². The number of ether oxygens (including phenoxy) is 3. The maximum Gasteiger partial charge on any atom is 0.347 e. The lowest BCUT2D eigenvalue weighted by atomic mass is 10.1. The van der Waals surface area contributed by atoms with E-state index in [0.29, 0.717) is 11.5 Å². The van der Waals surface area contributed by atoms with Crippen LogP contribution in [-0.2, 0) is 14.3 Å². The molecule has 0 bridgehead atoms. The third-order valence-electron chi connectivity index (χ3n) is 2.86. The van der Waals surface area contributed by atoms with Gasteiger partial charge in [0, 0.05) is 5.54 Å². The molecule has 0 aliphatic carbocycles. The molecule has 0 saturated heterocycles. The van der Waals surface area contributed by atoms with Crippen LogP contribution in [0.15, 0.2) is 24.3 Å². The molecule has 128 valence electrons. The summed E-state index contributed by atoms with van der Waals surface area (Å²) in [6.07, 6.45) is -1.71. The molecule has 0 heterocycles. The molecular weight excluding hydrogens is 298 g/mol. The first-order valence-corrected chi connectivity index (χ1v) is 7.45. The first-order valence-electron chi connectivity index (χ1n) is 7.45. The number of hydrogen-bond donors (Lipinski definition) is 1. The van der Waals surface area contributed by atoms with Gasteiger partial charge in [0.2, 0.25) is 0 Å². The fourth-order valence-electron chi connectivity index (χ4n) is 1.70. The van der Waals surface area contributed by atoms with Gasteiger partial charge in [-0.25, -0.2) is 4.79 Å². The van der Waals surface area contributed by atoms with Crippen molar-refractivity contribution in [2.75, 3.05) is 7.11 Å². The summed E-state index contributed by atoms with van der Waals surface area (Å²) in [5.41, 5.74) is -0.386. The lowest BCUT2D eigenvalue weighted by Crippen LogP contribution is -2.47. The first kappa shape index (κ1) is 18.8. The van der Waals surface area contributed by atoms with Crippen molar-refractivity contribution in [1.82, 2.24) is 5.32 Å². The molecule has 0 aromatic heterocycles. The standard InChI is InChI=1S/C17H25NO5/c1-11(15(19)18-17(3,4)5)23-16(20)12(2)22-14-9-7-13(21-6)8-10-14/h7-12H,1-6H3,(H,18,19). The number of rotatable bonds is 6. The molecule has 1 N–H and O–H groups in total. The van der Waals surface area contributed by atoms with Crippen molar-refractivity contribution in [1.29, 1.82) is 0 Å². The number of hydrogen-bond acceptors (Lipinski definition) is 5. The van der Waals surface area contributed by atoms with Crippen LogP contribution < -0.4 is 14.8 Å². The summed E-state index contributed by atoms with van der Waals surface area (Å²) < 4.78 is 15.7. The minimum absolute atomic E-state index is 0.345. The molecule has 2 atom stereocenters. The van der Waals surface area contributed by atoms with Crippen molar-refractivity contribution >= 4 is 11.9 Å². The van der Waals surface area contributed by atoms with Gasteiger partial charge in [0.15, 0.2) is 12.2 Å². The molecule has 1 aromatic rings. The van der Waals surface area contributed by atoms with E-state index < -0.39 is 18.2 Å². The Hall–Kier alpha value is -2.24. The van der Waals surface area contributed by atoms with Gasteiger partial charge in [-0.3, -0.25) is 4.79 Å². The Morgan fingerprint density at radius 3 is 2.00 bits per heavy atom. The van der Waals surface area contributed by atoms with Crippen LogP contribution in [0.2, 0.25) is 0 Å². The van der Waals surface area contributed by atoms with E-state index in [1.807, 2.05) is 20.8 Å². The van der Waals surface area contributed by atoms with E-state index >= 15 is 0 Å². The predicted molar refractivity (Wildman–Crippen MR) is 86.5 cm³/mol. The van der Waals surface area contributed by atoms with Crippen molar-refractivity contribution in [3.05, 3.63) is 24.3 Å². The number of methoxy groups -OCH3 is 1.